The average Bonchev–Trinajstić information content (AvgIpc) is 2.50. The highest BCUT2D eigenvalue weighted by Crippen LogP contribution is 2.39. The normalized spacial score (nSPS) is 24.6. The van der Waals surface area contributed by atoms with Crippen LogP contribution in [0.4, 0.5) is 0 Å². The molecule has 0 radical (unpaired) electrons. The van der Waals surface area contributed by atoms with Crippen LogP contribution in [0.5, 0.6) is 0 Å². The van der Waals surface area contributed by atoms with Gasteiger partial charge in [-0.1, -0.05) is 39.5 Å². The molecule has 2 rings (SSSR count). The van der Waals surface area contributed by atoms with Crippen molar-refractivity contribution >= 4 is 0 Å². The third-order valence-corrected chi connectivity index (χ3v) is 4.65. The van der Waals surface area contributed by atoms with Crippen LogP contribution in [-0.2, 0) is 0 Å². The summed E-state index contributed by atoms with van der Waals surface area (Å²) in [6, 6.07) is 0.383. The van der Waals surface area contributed by atoms with Crippen LogP contribution >= 0.6 is 0 Å². The third-order valence-electron chi connectivity index (χ3n) is 4.65. The lowest BCUT2D eigenvalue weighted by molar-refractivity contribution is 0.173. The predicted octanol–water partition coefficient (Wildman–Crippen LogP) is 4.04. The van der Waals surface area contributed by atoms with Gasteiger partial charge in [0.1, 0.15) is 0 Å². The number of aromatic nitrogens is 2. The Morgan fingerprint density at radius 3 is 2.65 bits per heavy atom. The molecule has 1 fully saturated rings. The first kappa shape index (κ1) is 15.4. The van der Waals surface area contributed by atoms with Gasteiger partial charge in [0.05, 0.1) is 23.6 Å². The van der Waals surface area contributed by atoms with Gasteiger partial charge in [0.15, 0.2) is 0 Å². The molecule has 3 atom stereocenters. The summed E-state index contributed by atoms with van der Waals surface area (Å²) in [4.78, 5) is 9.10. The maximum atomic E-state index is 4.65. The standard InChI is InChI=1S/C17H29N3/c1-4-10-18-17(16-12-19-13(3)11-20-16)15-9-7-6-8-14(15)5-2/h11-12,14-15,17-18H,4-10H2,1-3H3. The van der Waals surface area contributed by atoms with Crippen molar-refractivity contribution in [1.82, 2.24) is 15.3 Å². The lowest BCUT2D eigenvalue weighted by atomic mass is 9.73. The first-order chi connectivity index (χ1) is 9.76. The van der Waals surface area contributed by atoms with Crippen LogP contribution < -0.4 is 5.32 Å². The van der Waals surface area contributed by atoms with E-state index in [0.717, 1.165) is 29.8 Å². The second-order valence-electron chi connectivity index (χ2n) is 6.13. The average molecular weight is 275 g/mol. The van der Waals surface area contributed by atoms with Gasteiger partial charge in [0, 0.05) is 6.20 Å². The van der Waals surface area contributed by atoms with Crippen LogP contribution in [0.1, 0.15) is 69.8 Å². The largest absolute Gasteiger partial charge is 0.308 e. The van der Waals surface area contributed by atoms with E-state index in [1.807, 2.05) is 19.3 Å². The summed E-state index contributed by atoms with van der Waals surface area (Å²) in [7, 11) is 0. The Bertz CT molecular complexity index is 388. The summed E-state index contributed by atoms with van der Waals surface area (Å²) in [5.74, 6) is 1.55. The third kappa shape index (κ3) is 3.78. The molecule has 1 heterocycles. The lowest BCUT2D eigenvalue weighted by Crippen LogP contribution is -2.35. The Balaban J connectivity index is 2.18. The molecule has 1 saturated carbocycles. The van der Waals surface area contributed by atoms with E-state index in [0.29, 0.717) is 6.04 Å². The van der Waals surface area contributed by atoms with Crippen molar-refractivity contribution in [1.29, 1.82) is 0 Å². The second-order valence-corrected chi connectivity index (χ2v) is 6.13. The highest BCUT2D eigenvalue weighted by atomic mass is 15.0. The van der Waals surface area contributed by atoms with Crippen molar-refractivity contribution in [3.05, 3.63) is 23.8 Å². The van der Waals surface area contributed by atoms with Crippen molar-refractivity contribution < 1.29 is 0 Å². The van der Waals surface area contributed by atoms with Crippen LogP contribution in [0.2, 0.25) is 0 Å². The SMILES string of the molecule is CCCNC(c1cnc(C)cn1)C1CCCCC1CC. The molecule has 0 bridgehead atoms. The monoisotopic (exact) mass is 275 g/mol. The van der Waals surface area contributed by atoms with Gasteiger partial charge in [-0.3, -0.25) is 9.97 Å². The summed E-state index contributed by atoms with van der Waals surface area (Å²) in [6.45, 7) is 7.62. The Kier molecular flexibility index (Phi) is 5.96. The Labute approximate surface area is 123 Å². The van der Waals surface area contributed by atoms with E-state index in [9.17, 15) is 0 Å². The molecule has 3 nitrogen and oxygen atoms in total. The van der Waals surface area contributed by atoms with Gasteiger partial charge in [-0.25, -0.2) is 0 Å². The molecule has 0 aromatic carbocycles. The van der Waals surface area contributed by atoms with Gasteiger partial charge in [0.25, 0.3) is 0 Å². The van der Waals surface area contributed by atoms with Crippen molar-refractivity contribution in [3.8, 4) is 0 Å². The molecular formula is C17H29N3. The summed E-state index contributed by atoms with van der Waals surface area (Å²) < 4.78 is 0. The Morgan fingerprint density at radius 2 is 2.00 bits per heavy atom. The van der Waals surface area contributed by atoms with Crippen LogP contribution in [-0.4, -0.2) is 16.5 Å². The summed E-state index contributed by atoms with van der Waals surface area (Å²) >= 11 is 0. The van der Waals surface area contributed by atoms with Crippen molar-refractivity contribution in [2.45, 2.75) is 65.3 Å². The first-order valence-corrected chi connectivity index (χ1v) is 8.28. The minimum absolute atomic E-state index is 0.383. The van der Waals surface area contributed by atoms with E-state index in [2.05, 4.69) is 29.1 Å². The molecule has 1 aliphatic rings. The molecule has 1 aromatic rings. The van der Waals surface area contributed by atoms with Gasteiger partial charge in [-0.2, -0.15) is 0 Å². The predicted molar refractivity (Wildman–Crippen MR) is 83.5 cm³/mol. The van der Waals surface area contributed by atoms with Crippen molar-refractivity contribution in [2.24, 2.45) is 11.8 Å². The number of aryl methyl sites for hydroxylation is 1. The topological polar surface area (TPSA) is 37.8 Å². The molecule has 112 valence electrons. The molecule has 1 aliphatic carbocycles. The van der Waals surface area contributed by atoms with Crippen molar-refractivity contribution in [2.75, 3.05) is 6.54 Å². The number of nitrogens with zero attached hydrogens (tertiary/aromatic N) is 2. The Morgan fingerprint density at radius 1 is 1.20 bits per heavy atom. The smallest absolute Gasteiger partial charge is 0.0759 e. The maximum Gasteiger partial charge on any atom is 0.0759 e. The van der Waals surface area contributed by atoms with Gasteiger partial charge >= 0.3 is 0 Å². The first-order valence-electron chi connectivity index (χ1n) is 8.28. The fraction of sp³-hybridized carbons (Fsp3) is 0.765. The maximum absolute atomic E-state index is 4.65. The second kappa shape index (κ2) is 7.72. The zero-order valence-electron chi connectivity index (χ0n) is 13.2. The van der Waals surface area contributed by atoms with E-state index >= 15 is 0 Å². The van der Waals surface area contributed by atoms with E-state index in [1.165, 1.54) is 38.5 Å². The van der Waals surface area contributed by atoms with Crippen LogP contribution in [0.25, 0.3) is 0 Å². The molecule has 0 spiro atoms. The molecular weight excluding hydrogens is 246 g/mol. The van der Waals surface area contributed by atoms with Crippen LogP contribution in [0.3, 0.4) is 0 Å². The fourth-order valence-corrected chi connectivity index (χ4v) is 3.52. The molecule has 20 heavy (non-hydrogen) atoms. The minimum Gasteiger partial charge on any atom is -0.308 e. The highest BCUT2D eigenvalue weighted by Gasteiger charge is 2.32. The zero-order valence-corrected chi connectivity index (χ0v) is 13.2. The molecule has 3 unspecified atom stereocenters. The quantitative estimate of drug-likeness (QED) is 0.851. The van der Waals surface area contributed by atoms with Crippen LogP contribution in [0.15, 0.2) is 12.4 Å². The summed E-state index contributed by atoms with van der Waals surface area (Å²) in [5, 5.41) is 3.74. The molecule has 1 N–H and O–H groups in total. The molecule has 0 aliphatic heterocycles. The Hall–Kier alpha value is -0.960. The molecule has 0 amide bonds. The van der Waals surface area contributed by atoms with E-state index < -0.39 is 0 Å². The highest BCUT2D eigenvalue weighted by molar-refractivity contribution is 5.08. The summed E-state index contributed by atoms with van der Waals surface area (Å²) in [6.07, 6.45) is 11.8. The van der Waals surface area contributed by atoms with Crippen molar-refractivity contribution in [3.63, 3.8) is 0 Å². The van der Waals surface area contributed by atoms with E-state index in [-0.39, 0.29) is 0 Å². The zero-order chi connectivity index (χ0) is 14.4. The summed E-state index contributed by atoms with van der Waals surface area (Å²) in [5.41, 5.74) is 2.13. The number of rotatable bonds is 6. The number of hydrogen-bond acceptors (Lipinski definition) is 3. The van der Waals surface area contributed by atoms with E-state index in [1.54, 1.807) is 0 Å². The number of nitrogens with one attached hydrogen (secondary N) is 1. The molecule has 3 heteroatoms. The fourth-order valence-electron chi connectivity index (χ4n) is 3.52. The minimum atomic E-state index is 0.383. The number of hydrogen-bond donors (Lipinski definition) is 1. The van der Waals surface area contributed by atoms with Gasteiger partial charge in [-0.15, -0.1) is 0 Å². The van der Waals surface area contributed by atoms with Gasteiger partial charge in [-0.05, 0) is 38.1 Å². The molecule has 1 aromatic heterocycles. The molecule has 0 saturated heterocycles. The van der Waals surface area contributed by atoms with E-state index in [4.69, 9.17) is 0 Å². The van der Waals surface area contributed by atoms with Gasteiger partial charge < -0.3 is 5.32 Å². The lowest BCUT2D eigenvalue weighted by Gasteiger charge is -2.37. The van der Waals surface area contributed by atoms with Gasteiger partial charge in [0.2, 0.25) is 0 Å². The van der Waals surface area contributed by atoms with Crippen LogP contribution in [0, 0.1) is 18.8 Å².